The molecule has 0 radical (unpaired) electrons. The van der Waals surface area contributed by atoms with Crippen molar-refractivity contribution in [2.75, 3.05) is 0 Å². The van der Waals surface area contributed by atoms with E-state index in [4.69, 9.17) is 17.2 Å². The minimum absolute atomic E-state index is 0. The Hall–Kier alpha value is -0.780. The van der Waals surface area contributed by atoms with Crippen molar-refractivity contribution in [2.45, 2.75) is 37.1 Å². The Kier molecular flexibility index (Phi) is 146. The van der Waals surface area contributed by atoms with Crippen molar-refractivity contribution < 1.29 is 4.92 Å². The van der Waals surface area contributed by atoms with E-state index in [0.717, 1.165) is 6.20 Å². The molecule has 0 aliphatic rings. The van der Waals surface area contributed by atoms with Gasteiger partial charge in [0, 0.05) is 43.3 Å². The maximum Gasteiger partial charge on any atom is 0.234 e. The van der Waals surface area contributed by atoms with E-state index in [1.807, 2.05) is 0 Å². The molecule has 132 valence electrons. The average molecular weight is 532 g/mol. The molecule has 0 fully saturated rings. The molecule has 8 heteroatoms. The van der Waals surface area contributed by atoms with Gasteiger partial charge < -0.3 is 17.2 Å². The zero-order valence-corrected chi connectivity index (χ0v) is 12.7. The van der Waals surface area contributed by atoms with Crippen molar-refractivity contribution in [1.29, 1.82) is 0 Å². The number of rotatable bonds is 3. The second-order valence-corrected chi connectivity index (χ2v) is 1.78. The van der Waals surface area contributed by atoms with E-state index in [-0.39, 0.29) is 37.1 Å². The molecule has 0 aromatic heterocycles. The van der Waals surface area contributed by atoms with Crippen molar-refractivity contribution >= 4 is 37.2 Å². The lowest BCUT2D eigenvalue weighted by Crippen LogP contribution is -1.81. The first-order valence-corrected chi connectivity index (χ1v) is 10.1. The van der Waals surface area contributed by atoms with Gasteiger partial charge in [0.25, 0.3) is 0 Å². The molecular formula is C13H34I2N4O2. The van der Waals surface area contributed by atoms with Crippen molar-refractivity contribution in [2.24, 2.45) is 17.2 Å². The summed E-state index contributed by atoms with van der Waals surface area (Å²) >= 11 is 4.24. The fraction of sp³-hybridized carbons (Fsp3) is 0.385. The quantitative estimate of drug-likeness (QED) is 0.201. The van der Waals surface area contributed by atoms with Gasteiger partial charge in [-0.25, -0.2) is 0 Å². The summed E-state index contributed by atoms with van der Waals surface area (Å²) in [6, 6.07) is 0. The fourth-order valence-corrected chi connectivity index (χ4v) is 0.312. The molecule has 0 unspecified atom stereocenters. The predicted molar refractivity (Wildman–Crippen MR) is 118 cm³/mol. The molecule has 6 nitrogen and oxygen atoms in total. The van der Waals surface area contributed by atoms with Crippen LogP contribution in [0.3, 0.4) is 0 Å². The molecule has 21 heavy (non-hydrogen) atoms. The molecule has 0 amide bonds. The Balaban J connectivity index is -0.0000000200. The summed E-state index contributed by atoms with van der Waals surface area (Å²) in [6.45, 7) is 0. The number of nitrogens with two attached hydrogens (primary N) is 3. The van der Waals surface area contributed by atoms with Crippen molar-refractivity contribution in [1.82, 2.24) is 0 Å². The van der Waals surface area contributed by atoms with Gasteiger partial charge in [-0.2, -0.15) is 0 Å². The van der Waals surface area contributed by atoms with Crippen LogP contribution in [0.15, 0.2) is 49.1 Å². The molecule has 0 rings (SSSR count). The van der Waals surface area contributed by atoms with E-state index < -0.39 is 4.92 Å². The minimum Gasteiger partial charge on any atom is -0.405 e. The molecule has 6 N–H and O–H groups in total. The smallest absolute Gasteiger partial charge is 0.234 e. The largest absolute Gasteiger partial charge is 0.405 e. The first-order valence-electron chi connectivity index (χ1n) is 3.77. The van der Waals surface area contributed by atoms with Crippen LogP contribution in [-0.4, -0.2) is 4.92 Å². The molecule has 0 heterocycles. The molecular weight excluding hydrogens is 498 g/mol. The first kappa shape index (κ1) is 50.0. The standard InChI is InChI=1S/C4H6N2O2.C4H8N2.5CH4.I2/c5-3-1-2-4-6(7)8;5-3-1-2-4-6;;;;;;1-2/h1-4H,5H2;1-4H,5-6H2;5*1H4;/b2*3-1-,4-2-;;;;;;. The second kappa shape index (κ2) is 61.1. The van der Waals surface area contributed by atoms with Crippen LogP contribution in [0.1, 0.15) is 37.1 Å². The van der Waals surface area contributed by atoms with Crippen molar-refractivity contribution in [3.63, 3.8) is 0 Å². The van der Waals surface area contributed by atoms with Gasteiger partial charge in [-0.1, -0.05) is 37.1 Å². The zero-order valence-electron chi connectivity index (χ0n) is 8.37. The zero-order chi connectivity index (χ0) is 13.2. The van der Waals surface area contributed by atoms with Crippen LogP contribution in [0.4, 0.5) is 0 Å². The summed E-state index contributed by atoms with van der Waals surface area (Å²) in [5.41, 5.74) is 14.7. The second-order valence-electron chi connectivity index (χ2n) is 1.78. The Morgan fingerprint density at radius 1 is 0.714 bits per heavy atom. The Morgan fingerprint density at radius 2 is 0.952 bits per heavy atom. The van der Waals surface area contributed by atoms with Gasteiger partial charge in [0.1, 0.15) is 0 Å². The van der Waals surface area contributed by atoms with E-state index in [2.05, 4.69) is 37.2 Å². The molecule has 0 aliphatic heterocycles. The molecule has 0 atom stereocenters. The van der Waals surface area contributed by atoms with Crippen LogP contribution in [0, 0.1) is 10.1 Å². The Labute approximate surface area is 155 Å². The van der Waals surface area contributed by atoms with E-state index in [0.29, 0.717) is 0 Å². The third-order valence-electron chi connectivity index (χ3n) is 0.763. The summed E-state index contributed by atoms with van der Waals surface area (Å²) in [4.78, 5) is 8.96. The van der Waals surface area contributed by atoms with Crippen LogP contribution >= 0.6 is 37.2 Å². The van der Waals surface area contributed by atoms with Crippen LogP contribution in [0.25, 0.3) is 0 Å². The number of halogens is 2. The number of allylic oxidation sites excluding steroid dienone is 4. The van der Waals surface area contributed by atoms with Gasteiger partial charge in [-0.3, -0.25) is 10.1 Å². The van der Waals surface area contributed by atoms with Crippen LogP contribution in [-0.2, 0) is 0 Å². The molecule has 0 saturated heterocycles. The highest BCUT2D eigenvalue weighted by molar-refractivity contribution is 15.0. The third kappa shape index (κ3) is 109. The normalized spacial score (nSPS) is 7.71. The average Bonchev–Trinajstić information content (AvgIpc) is 2.30. The van der Waals surface area contributed by atoms with Crippen LogP contribution in [0.5, 0.6) is 0 Å². The van der Waals surface area contributed by atoms with Crippen molar-refractivity contribution in [3.05, 3.63) is 59.2 Å². The van der Waals surface area contributed by atoms with E-state index in [1.54, 1.807) is 12.2 Å². The van der Waals surface area contributed by atoms with E-state index >= 15 is 0 Å². The van der Waals surface area contributed by atoms with Gasteiger partial charge in [0.15, 0.2) is 0 Å². The Bertz CT molecular complexity index is 247. The van der Waals surface area contributed by atoms with Crippen molar-refractivity contribution in [3.8, 4) is 0 Å². The highest BCUT2D eigenvalue weighted by Gasteiger charge is 1.76. The number of hydrogen-bond acceptors (Lipinski definition) is 5. The highest BCUT2D eigenvalue weighted by atomic mass is 128. The number of hydrogen-bond donors (Lipinski definition) is 3. The molecule has 0 bridgehead atoms. The van der Waals surface area contributed by atoms with Gasteiger partial charge in [-0.15, -0.1) is 0 Å². The van der Waals surface area contributed by atoms with Crippen LogP contribution < -0.4 is 17.2 Å². The minimum atomic E-state index is -0.556. The lowest BCUT2D eigenvalue weighted by Gasteiger charge is -1.71. The highest BCUT2D eigenvalue weighted by Crippen LogP contribution is 1.89. The van der Waals surface area contributed by atoms with Crippen LogP contribution in [0.2, 0.25) is 0 Å². The fourth-order valence-electron chi connectivity index (χ4n) is 0.312. The summed E-state index contributed by atoms with van der Waals surface area (Å²) in [5, 5.41) is 9.52. The lowest BCUT2D eigenvalue weighted by atomic mass is 10.6. The Morgan fingerprint density at radius 3 is 1.14 bits per heavy atom. The number of nitrogens with zero attached hydrogens (tertiary/aromatic N) is 1. The molecule has 0 aliphatic carbocycles. The van der Waals surface area contributed by atoms with Gasteiger partial charge in [-0.05, 0) is 36.8 Å². The van der Waals surface area contributed by atoms with E-state index in [1.165, 1.54) is 30.8 Å². The maximum absolute atomic E-state index is 9.52. The van der Waals surface area contributed by atoms with Gasteiger partial charge in [0.05, 0.1) is 4.92 Å². The monoisotopic (exact) mass is 532 g/mol. The van der Waals surface area contributed by atoms with Gasteiger partial charge in [0.2, 0.25) is 6.20 Å². The topological polar surface area (TPSA) is 121 Å². The van der Waals surface area contributed by atoms with Gasteiger partial charge >= 0.3 is 0 Å². The SMILES string of the molecule is C.C.C.C.C.II.N/C=C\C=C/N.N/C=C\C=C/[N+](=O)[O-]. The lowest BCUT2D eigenvalue weighted by molar-refractivity contribution is -0.402. The molecule has 0 spiro atoms. The summed E-state index contributed by atoms with van der Waals surface area (Å²) in [5.74, 6) is 0. The molecule has 0 aromatic rings. The molecule has 0 saturated carbocycles. The summed E-state index contributed by atoms with van der Waals surface area (Å²) < 4.78 is 0. The summed E-state index contributed by atoms with van der Waals surface area (Å²) in [7, 11) is 0. The maximum atomic E-state index is 9.52. The molecule has 0 aromatic carbocycles. The number of nitro groups is 1. The first-order chi connectivity index (χ1) is 7.68. The van der Waals surface area contributed by atoms with E-state index in [9.17, 15) is 10.1 Å². The summed E-state index contributed by atoms with van der Waals surface area (Å²) in [6.07, 6.45) is 10.8. The predicted octanol–water partition coefficient (Wildman–Crippen LogP) is 5.13. The third-order valence-corrected chi connectivity index (χ3v) is 0.763.